The van der Waals surface area contributed by atoms with Crippen molar-refractivity contribution in [2.75, 3.05) is 32.7 Å². The lowest BCUT2D eigenvalue weighted by molar-refractivity contribution is 0.0714. The molecule has 3 fully saturated rings. The van der Waals surface area contributed by atoms with E-state index in [0.29, 0.717) is 17.8 Å². The molecule has 2 aromatic rings. The van der Waals surface area contributed by atoms with E-state index in [2.05, 4.69) is 58.0 Å². The van der Waals surface area contributed by atoms with Gasteiger partial charge < -0.3 is 15.5 Å². The molecule has 3 aliphatic heterocycles. The summed E-state index contributed by atoms with van der Waals surface area (Å²) in [4.78, 5) is 15.6. The Bertz CT molecular complexity index is 824. The molecule has 0 bridgehead atoms. The monoisotopic (exact) mass is 447 g/mol. The molecule has 3 saturated heterocycles. The number of benzene rings is 2. The van der Waals surface area contributed by atoms with E-state index >= 15 is 0 Å². The second-order valence-corrected chi connectivity index (χ2v) is 8.54. The maximum atomic E-state index is 13.4. The molecule has 0 spiro atoms. The van der Waals surface area contributed by atoms with E-state index in [1.807, 2.05) is 12.1 Å². The van der Waals surface area contributed by atoms with Crippen LogP contribution < -0.4 is 10.6 Å². The minimum Gasteiger partial charge on any atom is -0.331 e. The average molecular weight is 448 g/mol. The Morgan fingerprint density at radius 2 is 1.53 bits per heavy atom. The van der Waals surface area contributed by atoms with Crippen molar-refractivity contribution in [1.82, 2.24) is 15.5 Å². The first-order valence-corrected chi connectivity index (χ1v) is 10.7. The summed E-state index contributed by atoms with van der Waals surface area (Å²) in [6, 6.07) is 19.2. The molecule has 3 heterocycles. The van der Waals surface area contributed by atoms with Crippen molar-refractivity contribution < 1.29 is 4.79 Å². The van der Waals surface area contributed by atoms with Crippen LogP contribution in [0.2, 0.25) is 0 Å². The summed E-state index contributed by atoms with van der Waals surface area (Å²) in [6.07, 6.45) is 2.37. The van der Waals surface area contributed by atoms with Crippen molar-refractivity contribution in [3.05, 3.63) is 71.3 Å². The summed E-state index contributed by atoms with van der Waals surface area (Å²) in [5, 5.41) is 6.95. The topological polar surface area (TPSA) is 44.4 Å². The summed E-state index contributed by atoms with van der Waals surface area (Å²) in [6.45, 7) is 5.06. The predicted molar refractivity (Wildman–Crippen MR) is 126 cm³/mol. The molecule has 6 heteroatoms. The maximum absolute atomic E-state index is 13.4. The van der Waals surface area contributed by atoms with Crippen LogP contribution in [-0.2, 0) is 0 Å². The summed E-state index contributed by atoms with van der Waals surface area (Å²) < 4.78 is 0. The van der Waals surface area contributed by atoms with Gasteiger partial charge in [0.1, 0.15) is 0 Å². The quantitative estimate of drug-likeness (QED) is 0.746. The molecular weight excluding hydrogens is 417 g/mol. The zero-order chi connectivity index (χ0) is 18.9. The van der Waals surface area contributed by atoms with Gasteiger partial charge in [-0.05, 0) is 61.0 Å². The van der Waals surface area contributed by atoms with Crippen molar-refractivity contribution in [3.8, 4) is 0 Å². The molecule has 1 amide bonds. The van der Waals surface area contributed by atoms with Crippen LogP contribution in [0.4, 0.5) is 0 Å². The normalized spacial score (nSPS) is 25.9. The Balaban J connectivity index is 0.00000128. The fraction of sp³-hybridized carbons (Fsp3) is 0.458. The molecule has 0 unspecified atom stereocenters. The summed E-state index contributed by atoms with van der Waals surface area (Å²) >= 11 is 0. The van der Waals surface area contributed by atoms with Crippen LogP contribution in [0, 0.1) is 11.8 Å². The van der Waals surface area contributed by atoms with Crippen LogP contribution in [0.25, 0.3) is 0 Å². The highest BCUT2D eigenvalue weighted by Crippen LogP contribution is 2.43. The maximum Gasteiger partial charge on any atom is 0.254 e. The van der Waals surface area contributed by atoms with Crippen LogP contribution >= 0.6 is 24.8 Å². The van der Waals surface area contributed by atoms with Gasteiger partial charge >= 0.3 is 0 Å². The molecule has 2 aromatic carbocycles. The van der Waals surface area contributed by atoms with Crippen molar-refractivity contribution in [2.24, 2.45) is 11.8 Å². The molecule has 0 saturated carbocycles. The number of amides is 1. The van der Waals surface area contributed by atoms with Gasteiger partial charge in [-0.15, -0.1) is 24.8 Å². The van der Waals surface area contributed by atoms with E-state index in [4.69, 9.17) is 0 Å². The number of halogens is 2. The van der Waals surface area contributed by atoms with Crippen molar-refractivity contribution in [2.45, 2.75) is 24.8 Å². The fourth-order valence-corrected chi connectivity index (χ4v) is 5.43. The SMILES string of the molecule is Cl.Cl.O=C(c1ccc(C2CCNCC2)cc1)N1C[C@@H]2CNC[C@@H]2[C@H]1c1ccccc1. The molecule has 2 N–H and O–H groups in total. The molecule has 3 aliphatic rings. The van der Waals surface area contributed by atoms with Crippen LogP contribution in [0.3, 0.4) is 0 Å². The number of fused-ring (bicyclic) bond motifs is 1. The first-order valence-electron chi connectivity index (χ1n) is 10.7. The van der Waals surface area contributed by atoms with Crippen LogP contribution in [0.15, 0.2) is 54.6 Å². The van der Waals surface area contributed by atoms with E-state index in [1.165, 1.54) is 24.0 Å². The number of likely N-dealkylation sites (tertiary alicyclic amines) is 1. The molecule has 4 nitrogen and oxygen atoms in total. The number of nitrogens with zero attached hydrogens (tertiary/aromatic N) is 1. The van der Waals surface area contributed by atoms with Gasteiger partial charge in [-0.1, -0.05) is 42.5 Å². The van der Waals surface area contributed by atoms with Gasteiger partial charge in [0.25, 0.3) is 5.91 Å². The Morgan fingerprint density at radius 1 is 0.833 bits per heavy atom. The second-order valence-electron chi connectivity index (χ2n) is 8.54. The summed E-state index contributed by atoms with van der Waals surface area (Å²) in [5.41, 5.74) is 3.46. The Kier molecular flexibility index (Phi) is 7.81. The van der Waals surface area contributed by atoms with Gasteiger partial charge in [-0.2, -0.15) is 0 Å². The van der Waals surface area contributed by atoms with E-state index in [9.17, 15) is 4.79 Å². The van der Waals surface area contributed by atoms with Gasteiger partial charge in [-0.3, -0.25) is 4.79 Å². The van der Waals surface area contributed by atoms with Gasteiger partial charge in [0.05, 0.1) is 6.04 Å². The lowest BCUT2D eigenvalue weighted by Crippen LogP contribution is -2.34. The van der Waals surface area contributed by atoms with Gasteiger partial charge in [0, 0.05) is 31.1 Å². The number of carbonyl (C=O) groups excluding carboxylic acids is 1. The van der Waals surface area contributed by atoms with E-state index in [-0.39, 0.29) is 36.8 Å². The summed E-state index contributed by atoms with van der Waals surface area (Å²) in [7, 11) is 0. The van der Waals surface area contributed by atoms with Crippen LogP contribution in [-0.4, -0.2) is 43.5 Å². The lowest BCUT2D eigenvalue weighted by atomic mass is 9.89. The third-order valence-electron chi connectivity index (χ3n) is 6.93. The van der Waals surface area contributed by atoms with Crippen molar-refractivity contribution in [1.29, 1.82) is 0 Å². The number of piperidine rings is 1. The molecule has 0 radical (unpaired) electrons. The third-order valence-corrected chi connectivity index (χ3v) is 6.93. The largest absolute Gasteiger partial charge is 0.331 e. The highest BCUT2D eigenvalue weighted by molar-refractivity contribution is 5.94. The number of hydrogen-bond donors (Lipinski definition) is 2. The smallest absolute Gasteiger partial charge is 0.254 e. The average Bonchev–Trinajstić information content (AvgIpc) is 3.36. The summed E-state index contributed by atoms with van der Waals surface area (Å²) in [5.74, 6) is 1.88. The Morgan fingerprint density at radius 3 is 2.23 bits per heavy atom. The van der Waals surface area contributed by atoms with Gasteiger partial charge in [0.15, 0.2) is 0 Å². The highest BCUT2D eigenvalue weighted by Gasteiger charge is 2.46. The Hall–Kier alpha value is -1.59. The minimum absolute atomic E-state index is 0. The fourth-order valence-electron chi connectivity index (χ4n) is 5.43. The molecule has 3 atom stereocenters. The standard InChI is InChI=1S/C24H29N3O.2ClH/c28-24(20-8-6-17(7-9-20)18-10-12-25-13-11-18)27-16-21-14-26-15-22(21)23(27)19-4-2-1-3-5-19;;/h1-9,18,21-23,25-26H,10-16H2;2*1H/t21-,22-,23+;;/m0../s1. The van der Waals surface area contributed by atoms with Gasteiger partial charge in [0.2, 0.25) is 0 Å². The van der Waals surface area contributed by atoms with Crippen molar-refractivity contribution >= 4 is 30.7 Å². The van der Waals surface area contributed by atoms with E-state index in [0.717, 1.165) is 38.3 Å². The van der Waals surface area contributed by atoms with Gasteiger partial charge in [-0.25, -0.2) is 0 Å². The second kappa shape index (κ2) is 10.1. The number of hydrogen-bond acceptors (Lipinski definition) is 3. The number of nitrogens with one attached hydrogen (secondary N) is 2. The lowest BCUT2D eigenvalue weighted by Gasteiger charge is -2.29. The molecule has 30 heavy (non-hydrogen) atoms. The zero-order valence-corrected chi connectivity index (χ0v) is 18.8. The van der Waals surface area contributed by atoms with E-state index < -0.39 is 0 Å². The molecular formula is C24H31Cl2N3O. The van der Waals surface area contributed by atoms with E-state index in [1.54, 1.807) is 0 Å². The molecule has 162 valence electrons. The zero-order valence-electron chi connectivity index (χ0n) is 17.1. The molecule has 0 aromatic heterocycles. The minimum atomic E-state index is 0. The van der Waals surface area contributed by atoms with Crippen LogP contribution in [0.5, 0.6) is 0 Å². The van der Waals surface area contributed by atoms with Crippen LogP contribution in [0.1, 0.15) is 46.3 Å². The number of rotatable bonds is 3. The number of carbonyl (C=O) groups is 1. The Labute approximate surface area is 191 Å². The third kappa shape index (κ3) is 4.38. The molecule has 0 aliphatic carbocycles. The highest BCUT2D eigenvalue weighted by atomic mass is 35.5. The molecule has 5 rings (SSSR count). The first kappa shape index (κ1) is 23.1. The predicted octanol–water partition coefficient (Wildman–Crippen LogP) is 4.03. The first-order chi connectivity index (χ1) is 13.8. The van der Waals surface area contributed by atoms with Crippen molar-refractivity contribution in [3.63, 3.8) is 0 Å².